The molecule has 0 radical (unpaired) electrons. The molecule has 4 heterocycles. The minimum atomic E-state index is -0.483. The second kappa shape index (κ2) is 11.8. The Bertz CT molecular complexity index is 1590. The molecule has 2 aromatic heterocycles. The van der Waals surface area contributed by atoms with Crippen LogP contribution in [0.5, 0.6) is 11.5 Å². The average molecular weight is 588 g/mol. The van der Waals surface area contributed by atoms with Crippen LogP contribution < -0.4 is 10.5 Å². The van der Waals surface area contributed by atoms with Gasteiger partial charge in [0.15, 0.2) is 17.2 Å². The molecular weight excluding hydrogens is 549 g/mol. The summed E-state index contributed by atoms with van der Waals surface area (Å²) in [6, 6.07) is 14.3. The molecule has 0 atom stereocenters. The van der Waals surface area contributed by atoms with Crippen LogP contribution in [0.3, 0.4) is 0 Å². The lowest BCUT2D eigenvalue weighted by molar-refractivity contribution is 0.0119. The summed E-state index contributed by atoms with van der Waals surface area (Å²) in [5, 5.41) is 5.75. The Kier molecular flexibility index (Phi) is 7.91. The van der Waals surface area contributed by atoms with Crippen LogP contribution in [-0.2, 0) is 4.74 Å². The number of nitrogens with zero attached hydrogens (tertiary/aromatic N) is 6. The number of amides is 1. The molecule has 2 aliphatic heterocycles. The predicted molar refractivity (Wildman–Crippen MR) is 162 cm³/mol. The Morgan fingerprint density at radius 1 is 0.930 bits per heavy atom. The molecular formula is C32H38FN7O3. The fourth-order valence-corrected chi connectivity index (χ4v) is 6.02. The van der Waals surface area contributed by atoms with Crippen molar-refractivity contribution in [3.63, 3.8) is 0 Å². The molecule has 1 amide bonds. The van der Waals surface area contributed by atoms with E-state index in [2.05, 4.69) is 14.9 Å². The van der Waals surface area contributed by atoms with Crippen LogP contribution >= 0.6 is 0 Å². The zero-order valence-electron chi connectivity index (χ0n) is 24.9. The predicted octanol–water partition coefficient (Wildman–Crippen LogP) is 6.04. The third kappa shape index (κ3) is 6.27. The van der Waals surface area contributed by atoms with Gasteiger partial charge in [-0.3, -0.25) is 0 Å². The van der Waals surface area contributed by atoms with Crippen molar-refractivity contribution >= 4 is 22.9 Å². The van der Waals surface area contributed by atoms with Crippen LogP contribution in [0.4, 0.5) is 15.0 Å². The van der Waals surface area contributed by atoms with E-state index in [9.17, 15) is 9.18 Å². The van der Waals surface area contributed by atoms with Gasteiger partial charge < -0.3 is 25.0 Å². The Morgan fingerprint density at radius 3 is 2.28 bits per heavy atom. The first-order valence-corrected chi connectivity index (χ1v) is 14.9. The fourth-order valence-electron chi connectivity index (χ4n) is 6.02. The van der Waals surface area contributed by atoms with E-state index in [4.69, 9.17) is 20.3 Å². The highest BCUT2D eigenvalue weighted by Crippen LogP contribution is 2.36. The highest BCUT2D eigenvalue weighted by molar-refractivity contribution is 5.98. The van der Waals surface area contributed by atoms with Crippen molar-refractivity contribution in [3.8, 4) is 22.8 Å². The van der Waals surface area contributed by atoms with E-state index in [0.29, 0.717) is 36.4 Å². The van der Waals surface area contributed by atoms with Gasteiger partial charge in [0.1, 0.15) is 29.2 Å². The topological polar surface area (TPSA) is 112 Å². The minimum Gasteiger partial charge on any atom is -0.454 e. The van der Waals surface area contributed by atoms with E-state index >= 15 is 0 Å². The number of likely N-dealkylation sites (tertiary alicyclic amines) is 2. The maximum atomic E-state index is 14.1. The van der Waals surface area contributed by atoms with Crippen LogP contribution in [-0.4, -0.2) is 73.5 Å². The molecule has 226 valence electrons. The molecule has 2 N–H and O–H groups in total. The van der Waals surface area contributed by atoms with Crippen LogP contribution in [0.1, 0.15) is 52.5 Å². The second-order valence-electron chi connectivity index (χ2n) is 12.3. The number of hydrogen-bond acceptors (Lipinski definition) is 8. The monoisotopic (exact) mass is 587 g/mol. The summed E-state index contributed by atoms with van der Waals surface area (Å²) >= 11 is 0. The van der Waals surface area contributed by atoms with E-state index < -0.39 is 11.4 Å². The van der Waals surface area contributed by atoms with Crippen molar-refractivity contribution in [3.05, 3.63) is 60.7 Å². The lowest BCUT2D eigenvalue weighted by Gasteiger charge is -2.41. The van der Waals surface area contributed by atoms with Crippen LogP contribution in [0.25, 0.3) is 22.3 Å². The number of carbonyl (C=O) groups is 1. The van der Waals surface area contributed by atoms with Crippen LogP contribution in [0.15, 0.2) is 54.9 Å². The number of para-hydroxylation sites is 1. The third-order valence-corrected chi connectivity index (χ3v) is 8.19. The number of benzene rings is 2. The van der Waals surface area contributed by atoms with Crippen LogP contribution in [0, 0.1) is 5.82 Å². The molecule has 2 aliphatic rings. The highest BCUT2D eigenvalue weighted by Gasteiger charge is 2.33. The van der Waals surface area contributed by atoms with Gasteiger partial charge >= 0.3 is 6.09 Å². The summed E-state index contributed by atoms with van der Waals surface area (Å²) in [6.45, 7) is 9.01. The molecule has 10 nitrogen and oxygen atoms in total. The average Bonchev–Trinajstić information content (AvgIpc) is 3.39. The van der Waals surface area contributed by atoms with E-state index in [-0.39, 0.29) is 17.9 Å². The SMILES string of the molecule is CC(C)(C)OC(=O)N1CCC(N2CCC(n3nc(-c4ccc(Oc5ccccc5F)cc4)c4c(N)ncnc43)CC2)CC1. The number of nitrogen functional groups attached to an aromatic ring is 1. The Labute approximate surface area is 250 Å². The molecule has 0 aliphatic carbocycles. The normalized spacial score (nSPS) is 17.3. The Hall–Kier alpha value is -4.25. The van der Waals surface area contributed by atoms with Gasteiger partial charge in [0.25, 0.3) is 0 Å². The lowest BCUT2D eigenvalue weighted by atomic mass is 9.98. The second-order valence-corrected chi connectivity index (χ2v) is 12.3. The summed E-state index contributed by atoms with van der Waals surface area (Å²) in [4.78, 5) is 25.7. The number of aromatic nitrogens is 4. The van der Waals surface area contributed by atoms with Gasteiger partial charge in [0.05, 0.1) is 11.4 Å². The number of halogens is 1. The van der Waals surface area contributed by atoms with E-state index in [1.807, 2.05) is 42.5 Å². The molecule has 0 unspecified atom stereocenters. The smallest absolute Gasteiger partial charge is 0.410 e. The number of nitrogens with two attached hydrogens (primary N) is 1. The largest absolute Gasteiger partial charge is 0.454 e. The molecule has 2 saturated heterocycles. The van der Waals surface area contributed by atoms with Gasteiger partial charge in [-0.15, -0.1) is 0 Å². The van der Waals surface area contributed by atoms with Gasteiger partial charge in [-0.2, -0.15) is 5.10 Å². The van der Waals surface area contributed by atoms with E-state index in [1.165, 1.54) is 12.4 Å². The molecule has 0 spiro atoms. The standard InChI is InChI=1S/C32H38FN7O3/c1-32(2,3)43-31(41)39-18-12-22(13-19-39)38-16-14-23(15-17-38)40-30-27(29(34)35-20-36-30)28(37-40)21-8-10-24(11-9-21)42-26-7-5-4-6-25(26)33/h4-11,20,22-23H,12-19H2,1-3H3,(H2,34,35,36). The van der Waals surface area contributed by atoms with Crippen molar-refractivity contribution in [2.75, 3.05) is 31.9 Å². The molecule has 4 aromatic rings. The molecule has 0 bridgehead atoms. The molecule has 2 fully saturated rings. The van der Waals surface area contributed by atoms with Gasteiger partial charge in [-0.25, -0.2) is 23.8 Å². The van der Waals surface area contributed by atoms with Gasteiger partial charge in [-0.1, -0.05) is 12.1 Å². The summed E-state index contributed by atoms with van der Waals surface area (Å²) in [5.41, 5.74) is 8.15. The molecule has 43 heavy (non-hydrogen) atoms. The van der Waals surface area contributed by atoms with Gasteiger partial charge in [0.2, 0.25) is 0 Å². The number of ether oxygens (including phenoxy) is 2. The van der Waals surface area contributed by atoms with Gasteiger partial charge in [0, 0.05) is 37.8 Å². The number of piperidine rings is 2. The van der Waals surface area contributed by atoms with Crippen LogP contribution in [0.2, 0.25) is 0 Å². The number of anilines is 1. The molecule has 2 aromatic carbocycles. The summed E-state index contributed by atoms with van der Waals surface area (Å²) in [7, 11) is 0. The highest BCUT2D eigenvalue weighted by atomic mass is 19.1. The number of hydrogen-bond donors (Lipinski definition) is 1. The molecule has 0 saturated carbocycles. The number of fused-ring (bicyclic) bond motifs is 1. The van der Waals surface area contributed by atoms with Crippen molar-refractivity contribution in [1.29, 1.82) is 0 Å². The maximum absolute atomic E-state index is 14.1. The number of carbonyl (C=O) groups excluding carboxylic acids is 1. The molecule has 6 rings (SSSR count). The number of rotatable bonds is 5. The Balaban J connectivity index is 1.14. The first-order chi connectivity index (χ1) is 20.7. The third-order valence-electron chi connectivity index (χ3n) is 8.19. The van der Waals surface area contributed by atoms with Crippen molar-refractivity contribution < 1.29 is 18.7 Å². The summed E-state index contributed by atoms with van der Waals surface area (Å²) in [6.07, 6.45) is 5.01. The van der Waals surface area contributed by atoms with Gasteiger partial charge in [-0.05, 0) is 82.9 Å². The minimum absolute atomic E-state index is 0.169. The zero-order chi connectivity index (χ0) is 30.1. The van der Waals surface area contributed by atoms with E-state index in [0.717, 1.165) is 55.4 Å². The first-order valence-electron chi connectivity index (χ1n) is 14.9. The Morgan fingerprint density at radius 2 is 1.60 bits per heavy atom. The van der Waals surface area contributed by atoms with Crippen molar-refractivity contribution in [2.24, 2.45) is 0 Å². The van der Waals surface area contributed by atoms with Crippen molar-refractivity contribution in [1.82, 2.24) is 29.5 Å². The lowest BCUT2D eigenvalue weighted by Crippen LogP contribution is -2.50. The molecule has 11 heteroatoms. The summed E-state index contributed by atoms with van der Waals surface area (Å²) in [5.74, 6) is 0.652. The quantitative estimate of drug-likeness (QED) is 0.301. The van der Waals surface area contributed by atoms with E-state index in [1.54, 1.807) is 30.3 Å². The zero-order valence-corrected chi connectivity index (χ0v) is 24.9. The maximum Gasteiger partial charge on any atom is 0.410 e. The fraction of sp³-hybridized carbons (Fsp3) is 0.438. The van der Waals surface area contributed by atoms with Crippen molar-refractivity contribution in [2.45, 2.75) is 64.1 Å². The summed E-state index contributed by atoms with van der Waals surface area (Å²) < 4.78 is 27.3. The first kappa shape index (κ1) is 28.9.